The summed E-state index contributed by atoms with van der Waals surface area (Å²) in [6.45, 7) is 1.85. The van der Waals surface area contributed by atoms with Gasteiger partial charge in [0.2, 0.25) is 5.75 Å². The van der Waals surface area contributed by atoms with E-state index in [0.29, 0.717) is 6.04 Å². The van der Waals surface area contributed by atoms with Gasteiger partial charge in [-0.05, 0) is 43.9 Å². The molecule has 30 heavy (non-hydrogen) atoms. The predicted octanol–water partition coefficient (Wildman–Crippen LogP) is 3.38. The van der Waals surface area contributed by atoms with E-state index in [1.54, 1.807) is 0 Å². The van der Waals surface area contributed by atoms with Gasteiger partial charge in [-0.1, -0.05) is 12.8 Å². The van der Waals surface area contributed by atoms with Crippen LogP contribution in [0.25, 0.3) is 0 Å². The lowest BCUT2D eigenvalue weighted by atomic mass is 9.68. The maximum atomic E-state index is 13.0. The fourth-order valence-corrected chi connectivity index (χ4v) is 5.88. The molecule has 1 aliphatic heterocycles. The zero-order valence-corrected chi connectivity index (χ0v) is 17.8. The van der Waals surface area contributed by atoms with Gasteiger partial charge >= 0.3 is 5.69 Å². The van der Waals surface area contributed by atoms with Crippen LogP contribution in [0.3, 0.4) is 0 Å². The summed E-state index contributed by atoms with van der Waals surface area (Å²) in [6.07, 6.45) is 8.96. The van der Waals surface area contributed by atoms with Crippen molar-refractivity contribution in [2.75, 3.05) is 27.3 Å². The van der Waals surface area contributed by atoms with Crippen LogP contribution in [0.2, 0.25) is 0 Å². The Morgan fingerprint density at radius 3 is 2.27 bits per heavy atom. The summed E-state index contributed by atoms with van der Waals surface area (Å²) in [6, 6.07) is 3.35. The number of hydrogen-bond acceptors (Lipinski definition) is 6. The van der Waals surface area contributed by atoms with Gasteiger partial charge in [-0.25, -0.2) is 0 Å². The Morgan fingerprint density at radius 1 is 1.07 bits per heavy atom. The molecule has 1 N–H and O–H groups in total. The van der Waals surface area contributed by atoms with Crippen LogP contribution >= 0.6 is 0 Å². The van der Waals surface area contributed by atoms with E-state index in [2.05, 4.69) is 10.2 Å². The van der Waals surface area contributed by atoms with Gasteiger partial charge in [-0.15, -0.1) is 0 Å². The number of nitrogens with one attached hydrogen (secondary N) is 1. The molecule has 8 heteroatoms. The number of rotatable bonds is 6. The summed E-state index contributed by atoms with van der Waals surface area (Å²) in [5.74, 6) is 1.61. The zero-order chi connectivity index (χ0) is 21.3. The molecule has 3 aliphatic rings. The number of amides is 1. The van der Waals surface area contributed by atoms with E-state index in [0.717, 1.165) is 31.3 Å². The van der Waals surface area contributed by atoms with E-state index < -0.39 is 4.92 Å². The van der Waals surface area contributed by atoms with Crippen LogP contribution in [-0.2, 0) is 0 Å². The van der Waals surface area contributed by atoms with Gasteiger partial charge in [0.05, 0.1) is 24.7 Å². The minimum Gasteiger partial charge on any atom is -0.496 e. The van der Waals surface area contributed by atoms with Crippen molar-refractivity contribution in [1.82, 2.24) is 10.2 Å². The van der Waals surface area contributed by atoms with Crippen molar-refractivity contribution in [2.45, 2.75) is 57.0 Å². The number of nitrogens with zero attached hydrogens (tertiary/aromatic N) is 2. The summed E-state index contributed by atoms with van der Waals surface area (Å²) >= 11 is 0. The third-order valence-corrected chi connectivity index (χ3v) is 7.18. The van der Waals surface area contributed by atoms with E-state index in [-0.39, 0.29) is 34.7 Å². The minimum atomic E-state index is -0.547. The molecule has 0 radical (unpaired) electrons. The van der Waals surface area contributed by atoms with Crippen LogP contribution in [0, 0.1) is 22.0 Å². The van der Waals surface area contributed by atoms with E-state index in [1.807, 2.05) is 0 Å². The Labute approximate surface area is 177 Å². The Bertz CT molecular complexity index is 792. The second-order valence-electron chi connectivity index (χ2n) is 8.81. The van der Waals surface area contributed by atoms with Crippen molar-refractivity contribution < 1.29 is 19.2 Å². The first-order valence-corrected chi connectivity index (χ1v) is 11.0. The Morgan fingerprint density at radius 2 is 1.70 bits per heavy atom. The van der Waals surface area contributed by atoms with Crippen LogP contribution in [0.15, 0.2) is 12.1 Å². The van der Waals surface area contributed by atoms with Gasteiger partial charge in [0.25, 0.3) is 5.91 Å². The standard InChI is InChI=1S/C22H31N3O5/c1-29-19-12-20(30-2)18(25(27)28)11-17(19)22(26)23-16-9-10-24(13-16)21-14-5-3-6-15(21)8-4-7-14/h11-12,14-16,21H,3-10,13H2,1-2H3,(H,23,26)/t14?,15?,16-,21?/m0/s1. The molecule has 4 rings (SSSR count). The molecular weight excluding hydrogens is 386 g/mol. The van der Waals surface area contributed by atoms with Crippen molar-refractivity contribution in [1.29, 1.82) is 0 Å². The number of hydrogen-bond donors (Lipinski definition) is 1. The first-order valence-electron chi connectivity index (χ1n) is 11.0. The number of carbonyl (C=O) groups is 1. The summed E-state index contributed by atoms with van der Waals surface area (Å²) < 4.78 is 10.4. The highest BCUT2D eigenvalue weighted by atomic mass is 16.6. The van der Waals surface area contributed by atoms with Gasteiger partial charge in [0, 0.05) is 37.3 Å². The van der Waals surface area contributed by atoms with Crippen LogP contribution in [0.4, 0.5) is 5.69 Å². The maximum absolute atomic E-state index is 13.0. The summed E-state index contributed by atoms with van der Waals surface area (Å²) in [5, 5.41) is 14.4. The second kappa shape index (κ2) is 8.79. The SMILES string of the molecule is COc1cc(OC)c([N+](=O)[O-])cc1C(=O)N[C@H]1CCN(C2C3CCCC2CCC3)C1. The van der Waals surface area contributed by atoms with Crippen molar-refractivity contribution in [2.24, 2.45) is 11.8 Å². The molecule has 1 aromatic rings. The van der Waals surface area contributed by atoms with Crippen molar-refractivity contribution in [3.05, 3.63) is 27.8 Å². The molecule has 2 aliphatic carbocycles. The van der Waals surface area contributed by atoms with E-state index >= 15 is 0 Å². The predicted molar refractivity (Wildman–Crippen MR) is 112 cm³/mol. The molecule has 2 bridgehead atoms. The number of ether oxygens (including phenoxy) is 2. The highest BCUT2D eigenvalue weighted by Gasteiger charge is 2.42. The topological polar surface area (TPSA) is 93.9 Å². The Kier molecular flexibility index (Phi) is 6.13. The molecule has 3 fully saturated rings. The summed E-state index contributed by atoms with van der Waals surface area (Å²) in [7, 11) is 2.80. The molecule has 0 unspecified atom stereocenters. The summed E-state index contributed by atoms with van der Waals surface area (Å²) in [4.78, 5) is 26.4. The first-order chi connectivity index (χ1) is 14.5. The molecule has 1 aromatic carbocycles. The summed E-state index contributed by atoms with van der Waals surface area (Å²) in [5.41, 5.74) is -0.0792. The van der Waals surface area contributed by atoms with Gasteiger partial charge in [0.15, 0.2) is 0 Å². The lowest BCUT2D eigenvalue weighted by molar-refractivity contribution is -0.385. The van der Waals surface area contributed by atoms with Gasteiger partial charge in [-0.3, -0.25) is 19.8 Å². The van der Waals surface area contributed by atoms with E-state index in [1.165, 1.54) is 64.9 Å². The molecule has 8 nitrogen and oxygen atoms in total. The van der Waals surface area contributed by atoms with Gasteiger partial charge in [-0.2, -0.15) is 0 Å². The van der Waals surface area contributed by atoms with Crippen molar-refractivity contribution in [3.63, 3.8) is 0 Å². The number of nitro groups is 1. The van der Waals surface area contributed by atoms with E-state index in [4.69, 9.17) is 9.47 Å². The van der Waals surface area contributed by atoms with Gasteiger partial charge < -0.3 is 14.8 Å². The highest BCUT2D eigenvalue weighted by Crippen LogP contribution is 2.43. The molecule has 1 saturated heterocycles. The molecular formula is C22H31N3O5. The minimum absolute atomic E-state index is 0.0472. The Balaban J connectivity index is 1.46. The number of methoxy groups -OCH3 is 2. The van der Waals surface area contributed by atoms with Crippen LogP contribution < -0.4 is 14.8 Å². The van der Waals surface area contributed by atoms with Crippen LogP contribution in [-0.4, -0.2) is 55.1 Å². The normalized spacial score (nSPS) is 28.7. The van der Waals surface area contributed by atoms with Crippen LogP contribution in [0.1, 0.15) is 55.3 Å². The zero-order valence-electron chi connectivity index (χ0n) is 17.8. The number of carbonyl (C=O) groups excluding carboxylic acids is 1. The fraction of sp³-hybridized carbons (Fsp3) is 0.682. The smallest absolute Gasteiger partial charge is 0.311 e. The lowest BCUT2D eigenvalue weighted by Gasteiger charge is -2.47. The molecule has 0 spiro atoms. The first kappa shape index (κ1) is 20.9. The number of nitro benzene ring substituents is 1. The molecule has 164 valence electrons. The lowest BCUT2D eigenvalue weighted by Crippen LogP contribution is -2.50. The van der Waals surface area contributed by atoms with Crippen LogP contribution in [0.5, 0.6) is 11.5 Å². The maximum Gasteiger partial charge on any atom is 0.311 e. The highest BCUT2D eigenvalue weighted by molar-refractivity contribution is 5.98. The Hall–Kier alpha value is -2.35. The molecule has 1 amide bonds. The number of benzene rings is 1. The van der Waals surface area contributed by atoms with Crippen molar-refractivity contribution in [3.8, 4) is 11.5 Å². The average molecular weight is 418 g/mol. The molecule has 1 heterocycles. The second-order valence-corrected chi connectivity index (χ2v) is 8.81. The molecule has 0 aromatic heterocycles. The largest absolute Gasteiger partial charge is 0.496 e. The third-order valence-electron chi connectivity index (χ3n) is 7.18. The fourth-order valence-electron chi connectivity index (χ4n) is 5.88. The van der Waals surface area contributed by atoms with E-state index in [9.17, 15) is 14.9 Å². The third kappa shape index (κ3) is 3.97. The average Bonchev–Trinajstić information content (AvgIpc) is 3.20. The molecule has 1 atom stereocenters. The van der Waals surface area contributed by atoms with Gasteiger partial charge in [0.1, 0.15) is 5.75 Å². The monoisotopic (exact) mass is 417 g/mol. The quantitative estimate of drug-likeness (QED) is 0.563. The van der Waals surface area contributed by atoms with Crippen molar-refractivity contribution >= 4 is 11.6 Å². The number of fused-ring (bicyclic) bond motifs is 2. The molecule has 2 saturated carbocycles. The number of likely N-dealkylation sites (tertiary alicyclic amines) is 1.